The van der Waals surface area contributed by atoms with Crippen LogP contribution in [0, 0.1) is 0 Å². The number of tetrazole rings is 1. The molecule has 3 aromatic rings. The standard InChI is InChI=1S/C17H13N7O/c25-17-19-10-13(20-17)8-5-11-3-6-12(7-4-11)15-14(2-1-9-18-15)16-21-23-24-22-16/h1-4,6-7,9-10H,5,8H2,(H,21,22,23,24). The van der Waals surface area contributed by atoms with E-state index in [9.17, 15) is 4.79 Å². The third-order valence-corrected chi connectivity index (χ3v) is 3.85. The number of rotatable bonds is 5. The second-order valence-corrected chi connectivity index (χ2v) is 5.48. The largest absolute Gasteiger partial charge is 0.367 e. The molecule has 122 valence electrons. The van der Waals surface area contributed by atoms with Crippen LogP contribution in [0.5, 0.6) is 0 Å². The van der Waals surface area contributed by atoms with Crippen molar-refractivity contribution >= 4 is 18.0 Å². The van der Waals surface area contributed by atoms with Crippen LogP contribution in [0.15, 0.2) is 52.6 Å². The van der Waals surface area contributed by atoms with Gasteiger partial charge in [-0.1, -0.05) is 24.3 Å². The number of aromatic amines is 1. The SMILES string of the molecule is O=C1N=CC(CCc2ccc(-c3ncccc3-c3nn[nH]n3)cc2)=N1. The van der Waals surface area contributed by atoms with Crippen LogP contribution in [-0.2, 0) is 6.42 Å². The molecule has 1 N–H and O–H groups in total. The topological polar surface area (TPSA) is 109 Å². The van der Waals surface area contributed by atoms with Gasteiger partial charge in [0.2, 0.25) is 5.82 Å². The number of hydrogen-bond acceptors (Lipinski definition) is 5. The molecular weight excluding hydrogens is 318 g/mol. The molecule has 0 aliphatic carbocycles. The quantitative estimate of drug-likeness (QED) is 0.772. The fourth-order valence-electron chi connectivity index (χ4n) is 2.62. The lowest BCUT2D eigenvalue weighted by Crippen LogP contribution is -1.99. The Balaban J connectivity index is 1.54. The molecule has 2 amide bonds. The molecule has 8 nitrogen and oxygen atoms in total. The molecule has 0 saturated carbocycles. The minimum absolute atomic E-state index is 0.422. The number of benzene rings is 1. The number of amides is 2. The number of nitrogens with one attached hydrogen (secondary N) is 1. The van der Waals surface area contributed by atoms with Crippen LogP contribution < -0.4 is 0 Å². The van der Waals surface area contributed by atoms with Crippen molar-refractivity contribution < 1.29 is 4.79 Å². The van der Waals surface area contributed by atoms with E-state index in [1.165, 1.54) is 6.21 Å². The van der Waals surface area contributed by atoms with Crippen LogP contribution in [-0.4, -0.2) is 43.6 Å². The maximum Gasteiger partial charge on any atom is 0.367 e. The van der Waals surface area contributed by atoms with E-state index in [0.717, 1.165) is 34.5 Å². The van der Waals surface area contributed by atoms with Crippen LogP contribution in [0.25, 0.3) is 22.6 Å². The Morgan fingerprint density at radius 2 is 1.92 bits per heavy atom. The summed E-state index contributed by atoms with van der Waals surface area (Å²) >= 11 is 0. The van der Waals surface area contributed by atoms with Crippen molar-refractivity contribution in [3.8, 4) is 22.6 Å². The number of urea groups is 1. The summed E-state index contributed by atoms with van der Waals surface area (Å²) < 4.78 is 0. The second kappa shape index (κ2) is 6.52. The van der Waals surface area contributed by atoms with Gasteiger partial charge in [-0.3, -0.25) is 4.98 Å². The number of carbonyl (C=O) groups is 1. The zero-order valence-corrected chi connectivity index (χ0v) is 13.1. The first-order valence-electron chi connectivity index (χ1n) is 7.73. The van der Waals surface area contributed by atoms with E-state index in [0.29, 0.717) is 12.2 Å². The fourth-order valence-corrected chi connectivity index (χ4v) is 2.62. The number of carbonyl (C=O) groups excluding carboxylic acids is 1. The highest BCUT2D eigenvalue weighted by atomic mass is 16.2. The maximum absolute atomic E-state index is 11.0. The molecule has 1 aliphatic rings. The zero-order chi connectivity index (χ0) is 17.1. The van der Waals surface area contributed by atoms with Gasteiger partial charge in [0.15, 0.2) is 0 Å². The minimum Gasteiger partial charge on any atom is -0.255 e. The second-order valence-electron chi connectivity index (χ2n) is 5.48. The van der Waals surface area contributed by atoms with Gasteiger partial charge in [0.25, 0.3) is 0 Å². The van der Waals surface area contributed by atoms with Crippen molar-refractivity contribution in [3.63, 3.8) is 0 Å². The highest BCUT2D eigenvalue weighted by Gasteiger charge is 2.12. The first-order valence-corrected chi connectivity index (χ1v) is 7.73. The molecule has 1 aliphatic heterocycles. The Labute approximate surface area is 142 Å². The summed E-state index contributed by atoms with van der Waals surface area (Å²) in [6.45, 7) is 0. The maximum atomic E-state index is 11.0. The molecule has 3 heterocycles. The molecule has 0 radical (unpaired) electrons. The van der Waals surface area contributed by atoms with Crippen LogP contribution in [0.3, 0.4) is 0 Å². The van der Waals surface area contributed by atoms with Crippen molar-refractivity contribution in [1.82, 2.24) is 25.6 Å². The molecule has 2 aromatic heterocycles. The summed E-state index contributed by atoms with van der Waals surface area (Å²) in [4.78, 5) is 22.9. The van der Waals surface area contributed by atoms with Crippen molar-refractivity contribution in [3.05, 3.63) is 48.2 Å². The van der Waals surface area contributed by atoms with E-state index < -0.39 is 6.03 Å². The molecule has 8 heteroatoms. The van der Waals surface area contributed by atoms with Gasteiger partial charge in [0.05, 0.1) is 17.6 Å². The smallest absolute Gasteiger partial charge is 0.255 e. The number of aromatic nitrogens is 5. The van der Waals surface area contributed by atoms with Crippen LogP contribution in [0.4, 0.5) is 4.79 Å². The first-order chi connectivity index (χ1) is 12.3. The molecule has 0 bridgehead atoms. The van der Waals surface area contributed by atoms with E-state index in [-0.39, 0.29) is 0 Å². The van der Waals surface area contributed by atoms with Gasteiger partial charge in [-0.05, 0) is 35.8 Å². The molecule has 1 aromatic carbocycles. The predicted octanol–water partition coefficient (Wildman–Crippen LogP) is 2.51. The average molecular weight is 331 g/mol. The lowest BCUT2D eigenvalue weighted by atomic mass is 10.0. The lowest BCUT2D eigenvalue weighted by Gasteiger charge is -2.07. The Bertz CT molecular complexity index is 959. The Morgan fingerprint density at radius 1 is 1.04 bits per heavy atom. The summed E-state index contributed by atoms with van der Waals surface area (Å²) in [5.41, 5.74) is 4.46. The summed E-state index contributed by atoms with van der Waals surface area (Å²) in [7, 11) is 0. The average Bonchev–Trinajstić information content (AvgIpc) is 3.32. The van der Waals surface area contributed by atoms with Gasteiger partial charge in [-0.15, -0.1) is 10.2 Å². The summed E-state index contributed by atoms with van der Waals surface area (Å²) in [6.07, 6.45) is 4.74. The number of hydrogen-bond donors (Lipinski definition) is 1. The zero-order valence-electron chi connectivity index (χ0n) is 13.1. The Kier molecular flexibility index (Phi) is 3.91. The molecule has 0 saturated heterocycles. The van der Waals surface area contributed by atoms with Gasteiger partial charge in [-0.25, -0.2) is 4.79 Å². The predicted molar refractivity (Wildman–Crippen MR) is 92.5 cm³/mol. The molecule has 25 heavy (non-hydrogen) atoms. The highest BCUT2D eigenvalue weighted by molar-refractivity contribution is 6.37. The van der Waals surface area contributed by atoms with Gasteiger partial charge < -0.3 is 0 Å². The third kappa shape index (κ3) is 3.23. The van der Waals surface area contributed by atoms with E-state index >= 15 is 0 Å². The number of aryl methyl sites for hydroxylation is 1. The summed E-state index contributed by atoms with van der Waals surface area (Å²) in [5, 5.41) is 14.1. The Morgan fingerprint density at radius 3 is 2.64 bits per heavy atom. The van der Waals surface area contributed by atoms with Crippen molar-refractivity contribution in [2.75, 3.05) is 0 Å². The molecule has 0 atom stereocenters. The first kappa shape index (κ1) is 15.0. The highest BCUT2D eigenvalue weighted by Crippen LogP contribution is 2.27. The van der Waals surface area contributed by atoms with Crippen LogP contribution >= 0.6 is 0 Å². The third-order valence-electron chi connectivity index (χ3n) is 3.85. The molecule has 0 unspecified atom stereocenters. The van der Waals surface area contributed by atoms with Crippen LogP contribution in [0.1, 0.15) is 12.0 Å². The molecular formula is C17H13N7O. The normalized spacial score (nSPS) is 13.3. The Hall–Kier alpha value is -3.55. The van der Waals surface area contributed by atoms with Gasteiger partial charge in [0.1, 0.15) is 0 Å². The molecule has 4 rings (SSSR count). The summed E-state index contributed by atoms with van der Waals surface area (Å²) in [5.74, 6) is 0.510. The van der Waals surface area contributed by atoms with E-state index in [1.807, 2.05) is 36.4 Å². The van der Waals surface area contributed by atoms with Gasteiger partial charge in [-0.2, -0.15) is 15.2 Å². The van der Waals surface area contributed by atoms with E-state index in [1.54, 1.807) is 6.20 Å². The number of aliphatic imine (C=N–C) groups is 2. The van der Waals surface area contributed by atoms with E-state index in [2.05, 4.69) is 35.6 Å². The number of pyridine rings is 1. The number of H-pyrrole nitrogens is 1. The summed E-state index contributed by atoms with van der Waals surface area (Å²) in [6, 6.07) is 11.4. The fraction of sp³-hybridized carbons (Fsp3) is 0.118. The molecule has 0 spiro atoms. The monoisotopic (exact) mass is 331 g/mol. The minimum atomic E-state index is -0.422. The molecule has 0 fully saturated rings. The lowest BCUT2D eigenvalue weighted by molar-refractivity contribution is 0.257. The van der Waals surface area contributed by atoms with Crippen molar-refractivity contribution in [2.24, 2.45) is 9.98 Å². The van der Waals surface area contributed by atoms with Gasteiger partial charge in [0, 0.05) is 17.3 Å². The number of nitrogens with zero attached hydrogens (tertiary/aromatic N) is 6. The van der Waals surface area contributed by atoms with Gasteiger partial charge >= 0.3 is 6.03 Å². The van der Waals surface area contributed by atoms with Crippen molar-refractivity contribution in [1.29, 1.82) is 0 Å². The van der Waals surface area contributed by atoms with Crippen LogP contribution in [0.2, 0.25) is 0 Å². The van der Waals surface area contributed by atoms with Crippen molar-refractivity contribution in [2.45, 2.75) is 12.8 Å². The van der Waals surface area contributed by atoms with E-state index in [4.69, 9.17) is 0 Å².